The van der Waals surface area contributed by atoms with Gasteiger partial charge in [0.15, 0.2) is 0 Å². The summed E-state index contributed by atoms with van der Waals surface area (Å²) < 4.78 is 0. The van der Waals surface area contributed by atoms with E-state index in [0.29, 0.717) is 6.04 Å². The molecule has 3 fully saturated rings. The Kier molecular flexibility index (Phi) is 2.46. The molecule has 2 unspecified atom stereocenters. The van der Waals surface area contributed by atoms with E-state index in [4.69, 9.17) is 11.6 Å². The fourth-order valence-electron chi connectivity index (χ4n) is 3.10. The van der Waals surface area contributed by atoms with E-state index in [1.807, 2.05) is 0 Å². The molecule has 0 radical (unpaired) electrons. The van der Waals surface area contributed by atoms with Crippen LogP contribution in [0, 0.1) is 0 Å². The fourth-order valence-corrected chi connectivity index (χ4v) is 3.38. The molecule has 80 valence electrons. The molecule has 3 heteroatoms. The molecule has 0 aromatic rings. The molecular weight excluding hydrogens is 196 g/mol. The van der Waals surface area contributed by atoms with Gasteiger partial charge in [-0.05, 0) is 32.2 Å². The van der Waals surface area contributed by atoms with Gasteiger partial charge in [-0.1, -0.05) is 0 Å². The average Bonchev–Trinajstić information content (AvgIpc) is 2.95. The van der Waals surface area contributed by atoms with E-state index in [2.05, 4.69) is 9.80 Å². The lowest BCUT2D eigenvalue weighted by molar-refractivity contribution is 0.0553. The largest absolute Gasteiger partial charge is 0.298 e. The molecule has 0 bridgehead atoms. The first-order chi connectivity index (χ1) is 6.88. The summed E-state index contributed by atoms with van der Waals surface area (Å²) in [6, 6.07) is 2.38. The van der Waals surface area contributed by atoms with Crippen molar-refractivity contribution < 1.29 is 0 Å². The van der Waals surface area contributed by atoms with Crippen LogP contribution in [0.5, 0.6) is 0 Å². The maximum absolute atomic E-state index is 6.07. The molecule has 0 N–H and O–H groups in total. The van der Waals surface area contributed by atoms with Crippen molar-refractivity contribution in [2.75, 3.05) is 25.5 Å². The van der Waals surface area contributed by atoms with Gasteiger partial charge in [-0.3, -0.25) is 9.80 Å². The lowest BCUT2D eigenvalue weighted by Gasteiger charge is -2.43. The summed E-state index contributed by atoms with van der Waals surface area (Å²) in [6.45, 7) is 3.84. The van der Waals surface area contributed by atoms with Gasteiger partial charge in [0.05, 0.1) is 0 Å². The van der Waals surface area contributed by atoms with E-state index < -0.39 is 0 Å². The van der Waals surface area contributed by atoms with Crippen molar-refractivity contribution in [2.24, 2.45) is 0 Å². The predicted molar refractivity (Wildman–Crippen MR) is 58.8 cm³/mol. The first kappa shape index (κ1) is 9.44. The van der Waals surface area contributed by atoms with Gasteiger partial charge in [0.1, 0.15) is 0 Å². The molecule has 2 nitrogen and oxygen atoms in total. The van der Waals surface area contributed by atoms with Gasteiger partial charge >= 0.3 is 0 Å². The fraction of sp³-hybridized carbons (Fsp3) is 1.00. The normalized spacial score (nSPS) is 40.1. The molecule has 14 heavy (non-hydrogen) atoms. The van der Waals surface area contributed by atoms with Crippen molar-refractivity contribution in [3.63, 3.8) is 0 Å². The Labute approximate surface area is 91.2 Å². The third-order valence-electron chi connectivity index (χ3n) is 4.03. The van der Waals surface area contributed by atoms with E-state index in [1.54, 1.807) is 0 Å². The highest BCUT2D eigenvalue weighted by Crippen LogP contribution is 2.34. The van der Waals surface area contributed by atoms with Gasteiger partial charge in [-0.15, -0.1) is 11.6 Å². The van der Waals surface area contributed by atoms with Crippen molar-refractivity contribution in [2.45, 2.75) is 43.8 Å². The summed E-state index contributed by atoms with van der Waals surface area (Å²) in [6.07, 6.45) is 5.65. The molecule has 0 amide bonds. The Morgan fingerprint density at radius 1 is 1.07 bits per heavy atom. The highest BCUT2D eigenvalue weighted by molar-refractivity contribution is 6.18. The Hall–Kier alpha value is 0.210. The number of halogens is 1. The maximum atomic E-state index is 6.07. The van der Waals surface area contributed by atoms with E-state index in [0.717, 1.165) is 18.0 Å². The van der Waals surface area contributed by atoms with Crippen LogP contribution in [0.25, 0.3) is 0 Å². The SMILES string of the molecule is ClCC1CN2CCCC2CN1C1CC1. The second-order valence-electron chi connectivity index (χ2n) is 5.03. The summed E-state index contributed by atoms with van der Waals surface area (Å²) in [7, 11) is 0. The molecular formula is C11H19ClN2. The third kappa shape index (κ3) is 1.58. The molecule has 0 spiro atoms. The van der Waals surface area contributed by atoms with E-state index >= 15 is 0 Å². The number of fused-ring (bicyclic) bond motifs is 1. The molecule has 2 heterocycles. The maximum Gasteiger partial charge on any atom is 0.0392 e. The highest BCUT2D eigenvalue weighted by atomic mass is 35.5. The van der Waals surface area contributed by atoms with Gasteiger partial charge in [-0.2, -0.15) is 0 Å². The van der Waals surface area contributed by atoms with Crippen LogP contribution in [-0.4, -0.2) is 53.4 Å². The zero-order valence-electron chi connectivity index (χ0n) is 8.66. The summed E-state index contributed by atoms with van der Waals surface area (Å²) in [5, 5.41) is 0. The van der Waals surface area contributed by atoms with Gasteiger partial charge in [-0.25, -0.2) is 0 Å². The van der Waals surface area contributed by atoms with Crippen molar-refractivity contribution in [3.8, 4) is 0 Å². The van der Waals surface area contributed by atoms with Crippen molar-refractivity contribution in [3.05, 3.63) is 0 Å². The van der Waals surface area contributed by atoms with E-state index in [-0.39, 0.29) is 0 Å². The van der Waals surface area contributed by atoms with Crippen molar-refractivity contribution in [1.82, 2.24) is 9.80 Å². The van der Waals surface area contributed by atoms with Gasteiger partial charge < -0.3 is 0 Å². The Morgan fingerprint density at radius 2 is 1.93 bits per heavy atom. The van der Waals surface area contributed by atoms with Crippen LogP contribution >= 0.6 is 11.6 Å². The third-order valence-corrected chi connectivity index (χ3v) is 4.39. The van der Waals surface area contributed by atoms with Crippen LogP contribution in [0.15, 0.2) is 0 Å². The first-order valence-corrected chi connectivity index (χ1v) is 6.47. The minimum absolute atomic E-state index is 0.638. The predicted octanol–water partition coefficient (Wildman–Crippen LogP) is 1.54. The topological polar surface area (TPSA) is 6.48 Å². The van der Waals surface area contributed by atoms with Crippen LogP contribution in [-0.2, 0) is 0 Å². The quantitative estimate of drug-likeness (QED) is 0.644. The summed E-state index contributed by atoms with van der Waals surface area (Å²) >= 11 is 6.07. The zero-order chi connectivity index (χ0) is 9.54. The van der Waals surface area contributed by atoms with Gasteiger partial charge in [0.2, 0.25) is 0 Å². The Morgan fingerprint density at radius 3 is 2.64 bits per heavy atom. The lowest BCUT2D eigenvalue weighted by atomic mass is 10.1. The molecule has 2 atom stereocenters. The minimum Gasteiger partial charge on any atom is -0.298 e. The molecule has 1 aliphatic carbocycles. The van der Waals surface area contributed by atoms with Gasteiger partial charge in [0, 0.05) is 37.1 Å². The first-order valence-electron chi connectivity index (χ1n) is 5.94. The number of nitrogens with zero attached hydrogens (tertiary/aromatic N) is 2. The smallest absolute Gasteiger partial charge is 0.0392 e. The van der Waals surface area contributed by atoms with Crippen LogP contribution in [0.1, 0.15) is 25.7 Å². The molecule has 2 saturated heterocycles. The van der Waals surface area contributed by atoms with Crippen LogP contribution < -0.4 is 0 Å². The van der Waals surface area contributed by atoms with E-state index in [9.17, 15) is 0 Å². The van der Waals surface area contributed by atoms with Crippen LogP contribution in [0.2, 0.25) is 0 Å². The van der Waals surface area contributed by atoms with Crippen molar-refractivity contribution >= 4 is 11.6 Å². The molecule has 3 rings (SSSR count). The van der Waals surface area contributed by atoms with E-state index in [1.165, 1.54) is 45.3 Å². The van der Waals surface area contributed by atoms with Crippen LogP contribution in [0.4, 0.5) is 0 Å². The molecule has 0 aromatic heterocycles. The lowest BCUT2D eigenvalue weighted by Crippen LogP contribution is -2.57. The highest BCUT2D eigenvalue weighted by Gasteiger charge is 2.41. The number of rotatable bonds is 2. The minimum atomic E-state index is 0.638. The monoisotopic (exact) mass is 214 g/mol. The molecule has 3 aliphatic rings. The second-order valence-corrected chi connectivity index (χ2v) is 5.34. The van der Waals surface area contributed by atoms with Crippen molar-refractivity contribution in [1.29, 1.82) is 0 Å². The number of hydrogen-bond acceptors (Lipinski definition) is 2. The van der Waals surface area contributed by atoms with Gasteiger partial charge in [0.25, 0.3) is 0 Å². The molecule has 2 aliphatic heterocycles. The Balaban J connectivity index is 1.71. The number of alkyl halides is 1. The summed E-state index contributed by atoms with van der Waals surface area (Å²) in [5.74, 6) is 0.819. The number of hydrogen-bond donors (Lipinski definition) is 0. The Bertz CT molecular complexity index is 217. The zero-order valence-corrected chi connectivity index (χ0v) is 9.42. The molecule has 1 saturated carbocycles. The summed E-state index contributed by atoms with van der Waals surface area (Å²) in [5.41, 5.74) is 0. The molecule has 0 aromatic carbocycles. The van der Waals surface area contributed by atoms with Crippen LogP contribution in [0.3, 0.4) is 0 Å². The standard InChI is InChI=1S/C11H19ClN2/c12-6-11-7-13-5-1-2-10(13)8-14(11)9-3-4-9/h9-11H,1-8H2. The number of piperazine rings is 1. The summed E-state index contributed by atoms with van der Waals surface area (Å²) in [4.78, 5) is 5.35. The average molecular weight is 215 g/mol. The second kappa shape index (κ2) is 3.66.